The lowest BCUT2D eigenvalue weighted by atomic mass is 9.99. The van der Waals surface area contributed by atoms with Crippen LogP contribution in [0.15, 0.2) is 42.5 Å². The lowest BCUT2D eigenvalue weighted by Gasteiger charge is -2.11. The van der Waals surface area contributed by atoms with Crippen molar-refractivity contribution in [2.24, 2.45) is 17.6 Å². The van der Waals surface area contributed by atoms with Gasteiger partial charge in [0.15, 0.2) is 0 Å². The zero-order valence-electron chi connectivity index (χ0n) is 16.1. The summed E-state index contributed by atoms with van der Waals surface area (Å²) < 4.78 is 0. The Bertz CT molecular complexity index is 857. The van der Waals surface area contributed by atoms with Gasteiger partial charge in [0.2, 0.25) is 11.8 Å². The summed E-state index contributed by atoms with van der Waals surface area (Å²) in [6, 6.07) is 13.1. The fraction of sp³-hybridized carbons (Fsp3) is 0.381. The van der Waals surface area contributed by atoms with Crippen LogP contribution in [0.2, 0.25) is 0 Å². The lowest BCUT2D eigenvalue weighted by molar-refractivity contribution is -0.124. The smallest absolute Gasteiger partial charge is 0.230 e. The maximum Gasteiger partial charge on any atom is 0.230 e. The largest absolute Gasteiger partial charge is 0.392 e. The Morgan fingerprint density at radius 2 is 1.79 bits per heavy atom. The van der Waals surface area contributed by atoms with Gasteiger partial charge in [-0.3, -0.25) is 9.59 Å². The van der Waals surface area contributed by atoms with Crippen LogP contribution >= 0.6 is 12.2 Å². The third-order valence-corrected chi connectivity index (χ3v) is 5.17. The van der Waals surface area contributed by atoms with Crippen LogP contribution in [0, 0.1) is 11.8 Å². The van der Waals surface area contributed by atoms with E-state index in [4.69, 9.17) is 18.0 Å². The van der Waals surface area contributed by atoms with E-state index in [-0.39, 0.29) is 30.7 Å². The van der Waals surface area contributed by atoms with Gasteiger partial charge < -0.3 is 16.4 Å². The van der Waals surface area contributed by atoms with Crippen molar-refractivity contribution in [3.63, 3.8) is 0 Å². The van der Waals surface area contributed by atoms with E-state index in [9.17, 15) is 9.59 Å². The average molecular weight is 412 g/mol. The van der Waals surface area contributed by atoms with E-state index in [1.807, 2.05) is 42.5 Å². The molecule has 1 aromatic carbocycles. The molecule has 1 heterocycles. The molecule has 2 amide bonds. The van der Waals surface area contributed by atoms with Crippen molar-refractivity contribution >= 4 is 34.7 Å². The summed E-state index contributed by atoms with van der Waals surface area (Å²) >= 11 is 4.79. The topological polar surface area (TPSA) is 110 Å². The van der Waals surface area contributed by atoms with E-state index >= 15 is 0 Å². The minimum atomic E-state index is -0.125. The molecule has 1 aromatic heterocycles. The summed E-state index contributed by atoms with van der Waals surface area (Å²) in [7, 11) is 0. The fourth-order valence-electron chi connectivity index (χ4n) is 3.59. The third kappa shape index (κ3) is 6.60. The number of hydrogen-bond acceptors (Lipinski definition) is 5. The number of rotatable bonds is 8. The molecule has 1 fully saturated rings. The molecular formula is C21H25N5O2S. The molecule has 1 aliphatic rings. The van der Waals surface area contributed by atoms with Crippen molar-refractivity contribution in [2.75, 3.05) is 11.9 Å². The summed E-state index contributed by atoms with van der Waals surface area (Å²) in [5.74, 6) is 0.298. The summed E-state index contributed by atoms with van der Waals surface area (Å²) in [5, 5.41) is 14.1. The number of carbonyl (C=O) groups excluding carboxylic acids is 2. The molecule has 1 saturated carbocycles. The van der Waals surface area contributed by atoms with Crippen LogP contribution in [-0.4, -0.2) is 33.5 Å². The average Bonchev–Trinajstić information content (AvgIpc) is 3.17. The van der Waals surface area contributed by atoms with Crippen LogP contribution in [0.5, 0.6) is 0 Å². The highest BCUT2D eigenvalue weighted by molar-refractivity contribution is 7.80. The molecule has 0 bridgehead atoms. The number of nitrogens with one attached hydrogen (secondary N) is 2. The van der Waals surface area contributed by atoms with Crippen molar-refractivity contribution in [2.45, 2.75) is 32.1 Å². The Labute approximate surface area is 175 Å². The Hall–Kier alpha value is -2.87. The molecule has 2 aromatic rings. The fourth-order valence-corrected chi connectivity index (χ4v) is 3.67. The second-order valence-corrected chi connectivity index (χ2v) is 7.90. The van der Waals surface area contributed by atoms with Gasteiger partial charge >= 0.3 is 0 Å². The molecule has 0 radical (unpaired) electrons. The van der Waals surface area contributed by atoms with E-state index < -0.39 is 0 Å². The summed E-state index contributed by atoms with van der Waals surface area (Å²) in [5.41, 5.74) is 7.69. The van der Waals surface area contributed by atoms with Gasteiger partial charge in [0.25, 0.3) is 0 Å². The Kier molecular flexibility index (Phi) is 7.24. The molecule has 0 aliphatic heterocycles. The minimum Gasteiger partial charge on any atom is -0.392 e. The molecule has 0 saturated heterocycles. The number of hydrogen-bond donors (Lipinski definition) is 3. The molecule has 2 unspecified atom stereocenters. The molecule has 1 aliphatic carbocycles. The number of benzene rings is 1. The highest BCUT2D eigenvalue weighted by Gasteiger charge is 2.30. The number of para-hydroxylation sites is 1. The van der Waals surface area contributed by atoms with Gasteiger partial charge in [0.05, 0.1) is 29.3 Å². The predicted octanol–water partition coefficient (Wildman–Crippen LogP) is 2.02. The maximum atomic E-state index is 12.1. The normalized spacial score (nSPS) is 18.2. The Morgan fingerprint density at radius 1 is 1.07 bits per heavy atom. The summed E-state index contributed by atoms with van der Waals surface area (Å²) in [4.78, 5) is 24.5. The van der Waals surface area contributed by atoms with Crippen LogP contribution in [0.1, 0.15) is 30.7 Å². The van der Waals surface area contributed by atoms with Crippen molar-refractivity contribution in [1.82, 2.24) is 15.5 Å². The van der Waals surface area contributed by atoms with E-state index in [1.165, 1.54) is 0 Å². The quantitative estimate of drug-likeness (QED) is 0.573. The first-order valence-corrected chi connectivity index (χ1v) is 10.1. The molecule has 3 rings (SSSR count). The maximum absolute atomic E-state index is 12.1. The molecule has 29 heavy (non-hydrogen) atoms. The Balaban J connectivity index is 1.45. The van der Waals surface area contributed by atoms with Crippen LogP contribution in [0.4, 0.5) is 5.69 Å². The number of aromatic nitrogens is 2. The highest BCUT2D eigenvalue weighted by atomic mass is 32.1. The SMILES string of the molecule is NC(=S)CNC(=O)C1CCC(Cc2ccc(CC(=O)Nc3ccccc3)nn2)C1. The van der Waals surface area contributed by atoms with Gasteiger partial charge in [-0.2, -0.15) is 10.2 Å². The first kappa shape index (κ1) is 20.9. The number of nitrogens with zero attached hydrogens (tertiary/aromatic N) is 2. The molecule has 7 nitrogen and oxygen atoms in total. The first-order chi connectivity index (χ1) is 14.0. The molecule has 0 spiro atoms. The second kappa shape index (κ2) is 10.1. The summed E-state index contributed by atoms with van der Waals surface area (Å²) in [6.07, 6.45) is 3.62. The van der Waals surface area contributed by atoms with Crippen LogP contribution in [0.25, 0.3) is 0 Å². The zero-order valence-corrected chi connectivity index (χ0v) is 17.0. The number of amides is 2. The van der Waals surface area contributed by atoms with Crippen molar-refractivity contribution < 1.29 is 9.59 Å². The molecule has 8 heteroatoms. The predicted molar refractivity (Wildman–Crippen MR) is 115 cm³/mol. The Morgan fingerprint density at radius 3 is 2.48 bits per heavy atom. The molecule has 2 atom stereocenters. The molecule has 152 valence electrons. The third-order valence-electron chi connectivity index (χ3n) is 5.02. The van der Waals surface area contributed by atoms with E-state index in [0.29, 0.717) is 16.6 Å². The van der Waals surface area contributed by atoms with Crippen LogP contribution in [-0.2, 0) is 22.4 Å². The lowest BCUT2D eigenvalue weighted by Crippen LogP contribution is -2.35. The number of carbonyl (C=O) groups is 2. The number of thiocarbonyl (C=S) groups is 1. The number of nitrogens with two attached hydrogens (primary N) is 1. The van der Waals surface area contributed by atoms with Gasteiger partial charge in [0.1, 0.15) is 0 Å². The molecular weight excluding hydrogens is 386 g/mol. The van der Waals surface area contributed by atoms with Crippen LogP contribution in [0.3, 0.4) is 0 Å². The van der Waals surface area contributed by atoms with E-state index in [0.717, 1.165) is 37.1 Å². The number of anilines is 1. The van der Waals surface area contributed by atoms with Gasteiger partial charge in [-0.15, -0.1) is 0 Å². The van der Waals surface area contributed by atoms with Gasteiger partial charge in [-0.1, -0.05) is 30.4 Å². The first-order valence-electron chi connectivity index (χ1n) is 9.72. The van der Waals surface area contributed by atoms with Gasteiger partial charge in [0, 0.05) is 11.6 Å². The standard InChI is InChI=1S/C21H25N5O2S/c22-19(29)13-23-21(28)15-7-6-14(10-15)11-17-8-9-18(26-25-17)12-20(27)24-16-4-2-1-3-5-16/h1-5,8-9,14-15H,6-7,10-13H2,(H2,22,29)(H,23,28)(H,24,27). The van der Waals surface area contributed by atoms with Crippen molar-refractivity contribution in [3.8, 4) is 0 Å². The molecule has 4 N–H and O–H groups in total. The second-order valence-electron chi connectivity index (χ2n) is 7.37. The summed E-state index contributed by atoms with van der Waals surface area (Å²) in [6.45, 7) is 0.250. The van der Waals surface area contributed by atoms with Gasteiger partial charge in [-0.25, -0.2) is 0 Å². The van der Waals surface area contributed by atoms with Gasteiger partial charge in [-0.05, 0) is 55.9 Å². The highest BCUT2D eigenvalue weighted by Crippen LogP contribution is 2.33. The minimum absolute atomic E-state index is 0.00302. The van der Waals surface area contributed by atoms with E-state index in [2.05, 4.69) is 20.8 Å². The zero-order chi connectivity index (χ0) is 20.6. The van der Waals surface area contributed by atoms with E-state index in [1.54, 1.807) is 0 Å². The monoisotopic (exact) mass is 411 g/mol. The van der Waals surface area contributed by atoms with Crippen LogP contribution < -0.4 is 16.4 Å². The van der Waals surface area contributed by atoms with Crippen molar-refractivity contribution in [3.05, 3.63) is 53.9 Å². The van der Waals surface area contributed by atoms with Crippen molar-refractivity contribution in [1.29, 1.82) is 0 Å².